The summed E-state index contributed by atoms with van der Waals surface area (Å²) in [6, 6.07) is 5.94. The number of pyridine rings is 1. The molecule has 0 radical (unpaired) electrons. The van der Waals surface area contributed by atoms with E-state index in [-0.39, 0.29) is 11.8 Å². The lowest BCUT2D eigenvalue weighted by molar-refractivity contribution is -0.131. The van der Waals surface area contributed by atoms with Gasteiger partial charge < -0.3 is 19.6 Å². The summed E-state index contributed by atoms with van der Waals surface area (Å²) in [6.07, 6.45) is 5.16. The number of carbonyl (C=O) groups excluding carboxylic acids is 2. The summed E-state index contributed by atoms with van der Waals surface area (Å²) in [5.41, 5.74) is 0. The van der Waals surface area contributed by atoms with Crippen molar-refractivity contribution in [2.45, 2.75) is 25.7 Å². The summed E-state index contributed by atoms with van der Waals surface area (Å²) >= 11 is 0. The molecule has 7 nitrogen and oxygen atoms in total. The third-order valence-electron chi connectivity index (χ3n) is 5.92. The summed E-state index contributed by atoms with van der Waals surface area (Å²) in [5, 5.41) is 0. The van der Waals surface area contributed by atoms with Crippen LogP contribution in [0.4, 0.5) is 5.82 Å². The number of hydrogen-bond donors (Lipinski definition) is 0. The third-order valence-corrected chi connectivity index (χ3v) is 5.92. The van der Waals surface area contributed by atoms with E-state index >= 15 is 0 Å². The van der Waals surface area contributed by atoms with Gasteiger partial charge in [-0.1, -0.05) is 6.07 Å². The van der Waals surface area contributed by atoms with Crippen LogP contribution in [0.3, 0.4) is 0 Å². The molecule has 0 spiro atoms. The molecular weight excluding hydrogens is 354 g/mol. The van der Waals surface area contributed by atoms with E-state index < -0.39 is 0 Å². The maximum Gasteiger partial charge on any atom is 0.223 e. The zero-order valence-corrected chi connectivity index (χ0v) is 17.2. The molecule has 154 valence electrons. The molecule has 1 aromatic heterocycles. The number of nitrogens with zero attached hydrogens (tertiary/aromatic N) is 5. The Labute approximate surface area is 168 Å². The summed E-state index contributed by atoms with van der Waals surface area (Å²) in [6.45, 7) is 6.03. The minimum absolute atomic E-state index is 0.221. The highest BCUT2D eigenvalue weighted by Crippen LogP contribution is 2.21. The zero-order valence-electron chi connectivity index (χ0n) is 17.2. The van der Waals surface area contributed by atoms with E-state index in [1.165, 1.54) is 0 Å². The van der Waals surface area contributed by atoms with E-state index in [1.807, 2.05) is 43.4 Å². The molecule has 0 aromatic carbocycles. The normalized spacial score (nSPS) is 18.9. The molecule has 2 amide bonds. The number of piperazine rings is 1. The Morgan fingerprint density at radius 3 is 2.39 bits per heavy atom. The van der Waals surface area contributed by atoms with Crippen molar-refractivity contribution in [3.05, 3.63) is 24.4 Å². The van der Waals surface area contributed by atoms with Gasteiger partial charge in [0.05, 0.1) is 0 Å². The van der Waals surface area contributed by atoms with E-state index in [0.717, 1.165) is 64.5 Å². The number of hydrogen-bond acceptors (Lipinski definition) is 5. The highest BCUT2D eigenvalue weighted by Gasteiger charge is 2.25. The van der Waals surface area contributed by atoms with Gasteiger partial charge in [0.1, 0.15) is 5.82 Å². The molecule has 2 aliphatic heterocycles. The van der Waals surface area contributed by atoms with Crippen molar-refractivity contribution < 1.29 is 9.59 Å². The van der Waals surface area contributed by atoms with Crippen molar-refractivity contribution in [2.24, 2.45) is 5.92 Å². The fourth-order valence-corrected chi connectivity index (χ4v) is 3.98. The summed E-state index contributed by atoms with van der Waals surface area (Å²) in [5.74, 6) is 1.95. The molecule has 2 saturated heterocycles. The van der Waals surface area contributed by atoms with Crippen molar-refractivity contribution in [1.82, 2.24) is 19.7 Å². The Hall–Kier alpha value is -2.15. The van der Waals surface area contributed by atoms with Gasteiger partial charge in [-0.2, -0.15) is 0 Å². The lowest BCUT2D eigenvalue weighted by atomic mass is 9.93. The average molecular weight is 388 g/mol. The minimum atomic E-state index is 0.221. The number of amides is 2. The Bertz CT molecular complexity index is 635. The first-order valence-corrected chi connectivity index (χ1v) is 10.4. The number of rotatable bonds is 6. The minimum Gasteiger partial charge on any atom is -0.353 e. The van der Waals surface area contributed by atoms with Crippen molar-refractivity contribution in [3.63, 3.8) is 0 Å². The van der Waals surface area contributed by atoms with Crippen LogP contribution < -0.4 is 4.90 Å². The SMILES string of the molecule is CN(C)C(=O)CC1CCN(CCC(=O)N2CCN(c3ccccn3)CC2)CC1. The van der Waals surface area contributed by atoms with Gasteiger partial charge in [-0.3, -0.25) is 9.59 Å². The quantitative estimate of drug-likeness (QED) is 0.737. The molecule has 3 heterocycles. The first kappa shape index (κ1) is 20.6. The van der Waals surface area contributed by atoms with Crippen LogP contribution in [0.5, 0.6) is 0 Å². The van der Waals surface area contributed by atoms with E-state index in [1.54, 1.807) is 4.90 Å². The average Bonchev–Trinajstić information content (AvgIpc) is 2.73. The second-order valence-electron chi connectivity index (χ2n) is 8.08. The van der Waals surface area contributed by atoms with E-state index in [9.17, 15) is 9.59 Å². The van der Waals surface area contributed by atoms with Crippen LogP contribution in [0, 0.1) is 5.92 Å². The number of anilines is 1. The number of piperidine rings is 1. The van der Waals surface area contributed by atoms with Crippen molar-refractivity contribution in [3.8, 4) is 0 Å². The molecule has 0 N–H and O–H groups in total. The molecular formula is C21H33N5O2. The number of carbonyl (C=O) groups is 2. The van der Waals surface area contributed by atoms with Crippen LogP contribution in [-0.2, 0) is 9.59 Å². The van der Waals surface area contributed by atoms with Gasteiger partial charge in [0.15, 0.2) is 0 Å². The van der Waals surface area contributed by atoms with Crippen LogP contribution in [0.2, 0.25) is 0 Å². The molecule has 0 unspecified atom stereocenters. The number of aromatic nitrogens is 1. The van der Waals surface area contributed by atoms with Crippen LogP contribution in [0.15, 0.2) is 24.4 Å². The van der Waals surface area contributed by atoms with Gasteiger partial charge in [0.2, 0.25) is 11.8 Å². The maximum absolute atomic E-state index is 12.6. The van der Waals surface area contributed by atoms with Gasteiger partial charge in [0.25, 0.3) is 0 Å². The van der Waals surface area contributed by atoms with Crippen molar-refractivity contribution in [2.75, 3.05) is 64.8 Å². The molecule has 3 rings (SSSR count). The fourth-order valence-electron chi connectivity index (χ4n) is 3.98. The molecule has 0 saturated carbocycles. The summed E-state index contributed by atoms with van der Waals surface area (Å²) < 4.78 is 0. The molecule has 7 heteroatoms. The predicted molar refractivity (Wildman–Crippen MR) is 110 cm³/mol. The lowest BCUT2D eigenvalue weighted by Gasteiger charge is -2.36. The third kappa shape index (κ3) is 5.67. The van der Waals surface area contributed by atoms with E-state index in [2.05, 4.69) is 14.8 Å². The standard InChI is InChI=1S/C21H33N5O2/c1-23(2)21(28)17-18-6-10-24(11-7-18)12-8-20(27)26-15-13-25(14-16-26)19-5-3-4-9-22-19/h3-5,9,18H,6-8,10-17H2,1-2H3. The predicted octanol–water partition coefficient (Wildman–Crippen LogP) is 1.31. The summed E-state index contributed by atoms with van der Waals surface area (Å²) in [7, 11) is 3.64. The first-order chi connectivity index (χ1) is 13.5. The Morgan fingerprint density at radius 2 is 1.79 bits per heavy atom. The Balaban J connectivity index is 1.34. The van der Waals surface area contributed by atoms with Gasteiger partial charge in [-0.05, 0) is 44.0 Å². The van der Waals surface area contributed by atoms with Crippen LogP contribution in [0.1, 0.15) is 25.7 Å². The molecule has 0 bridgehead atoms. The molecule has 2 aliphatic rings. The molecule has 28 heavy (non-hydrogen) atoms. The Kier molecular flexibility index (Phi) is 7.25. The van der Waals surface area contributed by atoms with Gasteiger partial charge in [0, 0.05) is 65.9 Å². The van der Waals surface area contributed by atoms with Crippen LogP contribution in [0.25, 0.3) is 0 Å². The van der Waals surface area contributed by atoms with E-state index in [0.29, 0.717) is 18.8 Å². The van der Waals surface area contributed by atoms with Crippen molar-refractivity contribution in [1.29, 1.82) is 0 Å². The van der Waals surface area contributed by atoms with Gasteiger partial charge in [-0.15, -0.1) is 0 Å². The van der Waals surface area contributed by atoms with Gasteiger partial charge >= 0.3 is 0 Å². The fraction of sp³-hybridized carbons (Fsp3) is 0.667. The molecule has 1 aromatic rings. The molecule has 0 atom stereocenters. The topological polar surface area (TPSA) is 60.0 Å². The lowest BCUT2D eigenvalue weighted by Crippen LogP contribution is -2.49. The monoisotopic (exact) mass is 387 g/mol. The van der Waals surface area contributed by atoms with Gasteiger partial charge in [-0.25, -0.2) is 4.98 Å². The number of likely N-dealkylation sites (tertiary alicyclic amines) is 1. The first-order valence-electron chi connectivity index (χ1n) is 10.4. The highest BCUT2D eigenvalue weighted by atomic mass is 16.2. The molecule has 2 fully saturated rings. The van der Waals surface area contributed by atoms with Crippen LogP contribution in [-0.4, -0.2) is 91.4 Å². The van der Waals surface area contributed by atoms with Crippen LogP contribution >= 0.6 is 0 Å². The highest BCUT2D eigenvalue weighted by molar-refractivity contribution is 5.77. The largest absolute Gasteiger partial charge is 0.353 e. The van der Waals surface area contributed by atoms with E-state index in [4.69, 9.17) is 0 Å². The molecule has 0 aliphatic carbocycles. The smallest absolute Gasteiger partial charge is 0.223 e. The van der Waals surface area contributed by atoms with Crippen molar-refractivity contribution >= 4 is 17.6 Å². The maximum atomic E-state index is 12.6. The second-order valence-corrected chi connectivity index (χ2v) is 8.08. The zero-order chi connectivity index (χ0) is 19.9. The summed E-state index contributed by atoms with van der Waals surface area (Å²) in [4.78, 5) is 37.1. The Morgan fingerprint density at radius 1 is 1.07 bits per heavy atom. The second kappa shape index (κ2) is 9.87.